The van der Waals surface area contributed by atoms with Crippen molar-refractivity contribution in [1.29, 1.82) is 0 Å². The number of sulfonamides is 1. The maximum Gasteiger partial charge on any atom is 0.323 e. The van der Waals surface area contributed by atoms with Gasteiger partial charge in [0.25, 0.3) is 10.0 Å². The Bertz CT molecular complexity index is 1260. The van der Waals surface area contributed by atoms with Gasteiger partial charge in [0.1, 0.15) is 5.75 Å². The Balaban J connectivity index is 1.63. The number of carbonyl (C=O) groups excluding carboxylic acids is 1. The zero-order valence-electron chi connectivity index (χ0n) is 18.4. The number of hydrogen-bond donors (Lipinski definition) is 4. The molecule has 34 heavy (non-hydrogen) atoms. The summed E-state index contributed by atoms with van der Waals surface area (Å²) in [6, 6.07) is 19.2. The number of hydrogen-bond acceptors (Lipinski definition) is 5. The highest BCUT2D eigenvalue weighted by atomic mass is 32.2. The summed E-state index contributed by atoms with van der Waals surface area (Å²) in [6.07, 6.45) is 0.349. The molecule has 0 spiro atoms. The van der Waals surface area contributed by atoms with Crippen LogP contribution in [-0.4, -0.2) is 32.1 Å². The number of amides is 2. The lowest BCUT2D eigenvalue weighted by molar-refractivity contribution is -0.137. The number of anilines is 3. The number of carboxylic acids is 1. The van der Waals surface area contributed by atoms with E-state index in [1.165, 1.54) is 24.3 Å². The van der Waals surface area contributed by atoms with Gasteiger partial charge in [-0.2, -0.15) is 0 Å². The van der Waals surface area contributed by atoms with Crippen molar-refractivity contribution in [2.45, 2.75) is 24.7 Å². The molecule has 0 saturated carbocycles. The average Bonchev–Trinajstić information content (AvgIpc) is 2.78. The summed E-state index contributed by atoms with van der Waals surface area (Å²) in [5.74, 6) is -0.413. The maximum atomic E-state index is 12.9. The van der Waals surface area contributed by atoms with E-state index in [2.05, 4.69) is 15.4 Å². The highest BCUT2D eigenvalue weighted by Crippen LogP contribution is 2.25. The molecule has 0 bridgehead atoms. The summed E-state index contributed by atoms with van der Waals surface area (Å²) < 4.78 is 33.8. The number of nitrogens with one attached hydrogen (secondary N) is 3. The number of urea groups is 1. The highest BCUT2D eigenvalue weighted by molar-refractivity contribution is 7.92. The molecular formula is C24H25N3O6S. The van der Waals surface area contributed by atoms with Crippen molar-refractivity contribution in [1.82, 2.24) is 0 Å². The minimum atomic E-state index is -3.89. The van der Waals surface area contributed by atoms with Gasteiger partial charge in [0.2, 0.25) is 0 Å². The minimum Gasteiger partial charge on any atom is -0.493 e. The third-order valence-corrected chi connectivity index (χ3v) is 6.03. The first kappa shape index (κ1) is 24.6. The molecule has 0 aromatic heterocycles. The van der Waals surface area contributed by atoms with E-state index < -0.39 is 22.0 Å². The van der Waals surface area contributed by atoms with E-state index in [0.29, 0.717) is 29.1 Å². The standard InChI is InChI=1S/C24H25N3O6S/c1-17-15-21(12-13-22(17)33-14-6-11-23(28)29)34(31,32)27-20-10-5-9-19(16-20)26-24(30)25-18-7-3-2-4-8-18/h2-5,7-10,12-13,15-16,27H,6,11,14H2,1H3,(H,28,29)(H2,25,26,30). The maximum absolute atomic E-state index is 12.9. The molecule has 0 aliphatic rings. The Kier molecular flexibility index (Phi) is 8.10. The smallest absolute Gasteiger partial charge is 0.323 e. The number of rotatable bonds is 10. The summed E-state index contributed by atoms with van der Waals surface area (Å²) >= 11 is 0. The van der Waals surface area contributed by atoms with Gasteiger partial charge in [0.15, 0.2) is 0 Å². The number of carbonyl (C=O) groups is 2. The Morgan fingerprint density at radius 1 is 0.882 bits per heavy atom. The first-order chi connectivity index (χ1) is 16.2. The number of carboxylic acid groups (broad SMARTS) is 1. The highest BCUT2D eigenvalue weighted by Gasteiger charge is 2.16. The van der Waals surface area contributed by atoms with Crippen LogP contribution in [0.4, 0.5) is 21.9 Å². The lowest BCUT2D eigenvalue weighted by Gasteiger charge is -2.13. The summed E-state index contributed by atoms with van der Waals surface area (Å²) in [6.45, 7) is 1.93. The first-order valence-electron chi connectivity index (χ1n) is 10.4. The van der Waals surface area contributed by atoms with Gasteiger partial charge in [-0.15, -0.1) is 0 Å². The lowest BCUT2D eigenvalue weighted by Crippen LogP contribution is -2.19. The van der Waals surface area contributed by atoms with E-state index >= 15 is 0 Å². The van der Waals surface area contributed by atoms with Crippen molar-refractivity contribution in [3.05, 3.63) is 78.4 Å². The summed E-state index contributed by atoms with van der Waals surface area (Å²) in [4.78, 5) is 22.8. The van der Waals surface area contributed by atoms with Crippen molar-refractivity contribution >= 4 is 39.1 Å². The van der Waals surface area contributed by atoms with Gasteiger partial charge < -0.3 is 20.5 Å². The number of aryl methyl sites for hydroxylation is 1. The molecule has 0 saturated heterocycles. The number of aliphatic carboxylic acids is 1. The molecule has 0 aliphatic carbocycles. The van der Waals surface area contributed by atoms with Crippen molar-refractivity contribution in [3.8, 4) is 5.75 Å². The van der Waals surface area contributed by atoms with Gasteiger partial charge in [-0.05, 0) is 67.4 Å². The molecule has 0 aliphatic heterocycles. The van der Waals surface area contributed by atoms with E-state index in [0.717, 1.165) is 0 Å². The second kappa shape index (κ2) is 11.2. The summed E-state index contributed by atoms with van der Waals surface area (Å²) in [5, 5.41) is 14.0. The lowest BCUT2D eigenvalue weighted by atomic mass is 10.2. The number of ether oxygens (including phenoxy) is 1. The number of para-hydroxylation sites is 1. The van der Waals surface area contributed by atoms with Crippen LogP contribution in [0.25, 0.3) is 0 Å². The molecule has 0 fully saturated rings. The van der Waals surface area contributed by atoms with Crippen LogP contribution in [0.15, 0.2) is 77.7 Å². The van der Waals surface area contributed by atoms with E-state index in [-0.39, 0.29) is 23.6 Å². The fourth-order valence-corrected chi connectivity index (χ4v) is 4.18. The fourth-order valence-electron chi connectivity index (χ4n) is 3.05. The Morgan fingerprint density at radius 3 is 2.26 bits per heavy atom. The van der Waals surface area contributed by atoms with Crippen molar-refractivity contribution < 1.29 is 27.9 Å². The van der Waals surface area contributed by atoms with Crippen molar-refractivity contribution in [3.63, 3.8) is 0 Å². The Labute approximate surface area is 197 Å². The van der Waals surface area contributed by atoms with Crippen LogP contribution in [0.5, 0.6) is 5.75 Å². The van der Waals surface area contributed by atoms with E-state index in [1.807, 2.05) is 6.07 Å². The molecule has 3 aromatic carbocycles. The second-order valence-electron chi connectivity index (χ2n) is 7.40. The topological polar surface area (TPSA) is 134 Å². The van der Waals surface area contributed by atoms with Gasteiger partial charge in [0.05, 0.1) is 17.2 Å². The van der Waals surface area contributed by atoms with Crippen molar-refractivity contribution in [2.75, 3.05) is 22.0 Å². The van der Waals surface area contributed by atoms with Gasteiger partial charge in [-0.1, -0.05) is 24.3 Å². The molecule has 0 heterocycles. The van der Waals surface area contributed by atoms with Crippen LogP contribution in [0.2, 0.25) is 0 Å². The van der Waals surface area contributed by atoms with Gasteiger partial charge in [0, 0.05) is 17.8 Å². The predicted octanol–water partition coefficient (Wildman–Crippen LogP) is 4.68. The predicted molar refractivity (Wildman–Crippen MR) is 130 cm³/mol. The monoisotopic (exact) mass is 483 g/mol. The van der Waals surface area contributed by atoms with Crippen LogP contribution in [0.1, 0.15) is 18.4 Å². The van der Waals surface area contributed by atoms with Crippen molar-refractivity contribution in [2.24, 2.45) is 0 Å². The van der Waals surface area contributed by atoms with E-state index in [4.69, 9.17) is 9.84 Å². The second-order valence-corrected chi connectivity index (χ2v) is 9.09. The Hall–Kier alpha value is -4.05. The molecule has 0 unspecified atom stereocenters. The largest absolute Gasteiger partial charge is 0.493 e. The Morgan fingerprint density at radius 2 is 1.56 bits per heavy atom. The van der Waals surface area contributed by atoms with Crippen LogP contribution < -0.4 is 20.1 Å². The van der Waals surface area contributed by atoms with Gasteiger partial charge in [-0.25, -0.2) is 13.2 Å². The number of benzene rings is 3. The molecule has 9 nitrogen and oxygen atoms in total. The third kappa shape index (κ3) is 7.24. The van der Waals surface area contributed by atoms with Crippen LogP contribution in [0, 0.1) is 6.92 Å². The first-order valence-corrected chi connectivity index (χ1v) is 11.9. The molecular weight excluding hydrogens is 458 g/mol. The van der Waals surface area contributed by atoms with Crippen LogP contribution in [-0.2, 0) is 14.8 Å². The molecule has 4 N–H and O–H groups in total. The van der Waals surface area contributed by atoms with Crippen LogP contribution >= 0.6 is 0 Å². The molecule has 10 heteroatoms. The molecule has 2 amide bonds. The molecule has 0 atom stereocenters. The van der Waals surface area contributed by atoms with E-state index in [9.17, 15) is 18.0 Å². The fraction of sp³-hybridized carbons (Fsp3) is 0.167. The quantitative estimate of drug-likeness (QED) is 0.309. The molecule has 3 aromatic rings. The van der Waals surface area contributed by atoms with Crippen LogP contribution in [0.3, 0.4) is 0 Å². The average molecular weight is 484 g/mol. The molecule has 3 rings (SSSR count). The summed E-state index contributed by atoms with van der Waals surface area (Å²) in [5.41, 5.74) is 1.92. The van der Waals surface area contributed by atoms with E-state index in [1.54, 1.807) is 49.4 Å². The SMILES string of the molecule is Cc1cc(S(=O)(=O)Nc2cccc(NC(=O)Nc3ccccc3)c2)ccc1OCCCC(=O)O. The summed E-state index contributed by atoms with van der Waals surface area (Å²) in [7, 11) is -3.89. The zero-order valence-corrected chi connectivity index (χ0v) is 19.3. The minimum absolute atomic E-state index is 0.00271. The third-order valence-electron chi connectivity index (χ3n) is 4.65. The zero-order chi connectivity index (χ0) is 24.6. The van der Waals surface area contributed by atoms with Gasteiger partial charge in [-0.3, -0.25) is 9.52 Å². The van der Waals surface area contributed by atoms with Gasteiger partial charge >= 0.3 is 12.0 Å². The molecule has 178 valence electrons. The molecule has 0 radical (unpaired) electrons. The normalized spacial score (nSPS) is 10.9.